The fourth-order valence-electron chi connectivity index (χ4n) is 4.69. The maximum absolute atomic E-state index is 14.8. The third kappa shape index (κ3) is 5.73. The van der Waals surface area contributed by atoms with Gasteiger partial charge in [-0.05, 0) is 61.8 Å². The summed E-state index contributed by atoms with van der Waals surface area (Å²) >= 11 is 0. The minimum atomic E-state index is -0.929. The topological polar surface area (TPSA) is 27.7 Å². The Kier molecular flexibility index (Phi) is 8.64. The quantitative estimate of drug-likeness (QED) is 0.281. The Balaban J connectivity index is 1.34. The fraction of sp³-hybridized carbons (Fsp3) is 0.379. The summed E-state index contributed by atoms with van der Waals surface area (Å²) in [5, 5.41) is 0. The Bertz CT molecular complexity index is 1170. The Labute approximate surface area is 209 Å². The van der Waals surface area contributed by atoms with Gasteiger partial charge in [-0.2, -0.15) is 0 Å². The van der Waals surface area contributed by atoms with Crippen LogP contribution in [0.1, 0.15) is 55.2 Å². The minimum Gasteiger partial charge on any atom is -0.497 e. The number of hydrogen-bond donors (Lipinski definition) is 0. The van der Waals surface area contributed by atoms with Crippen molar-refractivity contribution in [2.24, 2.45) is 0 Å². The average molecular weight is 503 g/mol. The van der Waals surface area contributed by atoms with Crippen LogP contribution in [0, 0.1) is 23.3 Å². The molecule has 3 nitrogen and oxygen atoms in total. The van der Waals surface area contributed by atoms with Gasteiger partial charge in [0.25, 0.3) is 0 Å². The molecular formula is C29H30F4O3. The highest BCUT2D eigenvalue weighted by atomic mass is 19.2. The second kappa shape index (κ2) is 11.9. The van der Waals surface area contributed by atoms with E-state index in [1.807, 2.05) is 0 Å². The van der Waals surface area contributed by atoms with Gasteiger partial charge in [0.15, 0.2) is 23.3 Å². The summed E-state index contributed by atoms with van der Waals surface area (Å²) in [7, 11) is 1.54. The van der Waals surface area contributed by atoms with Crippen LogP contribution in [0.2, 0.25) is 0 Å². The molecule has 4 rings (SSSR count). The first kappa shape index (κ1) is 26.2. The van der Waals surface area contributed by atoms with E-state index in [4.69, 9.17) is 14.2 Å². The molecule has 1 aliphatic carbocycles. The molecule has 0 bridgehead atoms. The van der Waals surface area contributed by atoms with Gasteiger partial charge in [-0.25, -0.2) is 17.6 Å². The molecule has 0 aliphatic heterocycles. The molecule has 0 saturated heterocycles. The van der Waals surface area contributed by atoms with Gasteiger partial charge < -0.3 is 14.2 Å². The fourth-order valence-corrected chi connectivity index (χ4v) is 4.69. The van der Waals surface area contributed by atoms with E-state index in [-0.39, 0.29) is 41.9 Å². The molecule has 0 aromatic heterocycles. The van der Waals surface area contributed by atoms with E-state index >= 15 is 0 Å². The Hall–Kier alpha value is -2.90. The molecule has 0 amide bonds. The molecule has 192 valence electrons. The van der Waals surface area contributed by atoms with Crippen molar-refractivity contribution in [1.82, 2.24) is 0 Å². The van der Waals surface area contributed by atoms with Gasteiger partial charge in [-0.3, -0.25) is 0 Å². The molecule has 0 unspecified atom stereocenters. The first-order valence-electron chi connectivity index (χ1n) is 12.2. The van der Waals surface area contributed by atoms with Gasteiger partial charge in [-0.1, -0.05) is 36.4 Å². The number of benzene rings is 3. The zero-order chi connectivity index (χ0) is 25.7. The summed E-state index contributed by atoms with van der Waals surface area (Å²) < 4.78 is 74.8. The molecule has 3 aromatic carbocycles. The smallest absolute Gasteiger partial charge is 0.167 e. The summed E-state index contributed by atoms with van der Waals surface area (Å²) in [6, 6.07) is 13.0. The molecule has 0 heterocycles. The van der Waals surface area contributed by atoms with Crippen LogP contribution in [0.15, 0.2) is 48.5 Å². The molecule has 1 saturated carbocycles. The first-order valence-corrected chi connectivity index (χ1v) is 12.2. The van der Waals surface area contributed by atoms with Gasteiger partial charge in [0.1, 0.15) is 5.75 Å². The predicted molar refractivity (Wildman–Crippen MR) is 130 cm³/mol. The Morgan fingerprint density at radius 1 is 0.722 bits per heavy atom. The van der Waals surface area contributed by atoms with E-state index in [1.165, 1.54) is 13.2 Å². The molecule has 0 spiro atoms. The lowest BCUT2D eigenvalue weighted by Crippen LogP contribution is -2.22. The van der Waals surface area contributed by atoms with Crippen LogP contribution in [0.5, 0.6) is 5.75 Å². The lowest BCUT2D eigenvalue weighted by molar-refractivity contribution is 0.0116. The third-order valence-electron chi connectivity index (χ3n) is 6.81. The molecule has 0 radical (unpaired) electrons. The molecule has 1 aliphatic rings. The van der Waals surface area contributed by atoms with Crippen LogP contribution in [0.25, 0.3) is 11.1 Å². The predicted octanol–water partition coefficient (Wildman–Crippen LogP) is 7.70. The Morgan fingerprint density at radius 3 is 2.03 bits per heavy atom. The van der Waals surface area contributed by atoms with Crippen LogP contribution in [0.4, 0.5) is 17.6 Å². The van der Waals surface area contributed by atoms with E-state index in [0.717, 1.165) is 0 Å². The molecular weight excluding hydrogens is 472 g/mol. The van der Waals surface area contributed by atoms with Gasteiger partial charge in [0.2, 0.25) is 0 Å². The van der Waals surface area contributed by atoms with Crippen molar-refractivity contribution in [2.75, 3.05) is 13.7 Å². The SMILES string of the molecule is CCOCc1ccc(C2CCC(OCc3ccc(-c4ccc(OC)cc4)c(F)c3F)CC2)c(F)c1F. The zero-order valence-electron chi connectivity index (χ0n) is 20.5. The maximum atomic E-state index is 14.8. The molecule has 7 heteroatoms. The van der Waals surface area contributed by atoms with Gasteiger partial charge in [-0.15, -0.1) is 0 Å². The van der Waals surface area contributed by atoms with Crippen molar-refractivity contribution in [1.29, 1.82) is 0 Å². The van der Waals surface area contributed by atoms with Crippen molar-refractivity contribution in [3.8, 4) is 16.9 Å². The van der Waals surface area contributed by atoms with Crippen molar-refractivity contribution in [2.45, 2.75) is 57.8 Å². The standard InChI is InChI=1S/C29H30F4O3/c1-3-35-16-20-8-14-24(28(32)26(20)30)19-6-12-23(13-7-19)36-17-21-9-15-25(29(33)27(21)31)18-4-10-22(34-2)11-5-18/h4-5,8-11,14-15,19,23H,3,6-7,12-13,16-17H2,1-2H3. The molecule has 0 N–H and O–H groups in total. The summed E-state index contributed by atoms with van der Waals surface area (Å²) in [6.45, 7) is 2.20. The van der Waals surface area contributed by atoms with Crippen molar-refractivity contribution >= 4 is 0 Å². The highest BCUT2D eigenvalue weighted by molar-refractivity contribution is 5.65. The molecule has 1 fully saturated rings. The average Bonchev–Trinajstić information content (AvgIpc) is 2.91. The number of ether oxygens (including phenoxy) is 3. The second-order valence-electron chi connectivity index (χ2n) is 8.99. The highest BCUT2D eigenvalue weighted by Gasteiger charge is 2.27. The lowest BCUT2D eigenvalue weighted by Gasteiger charge is -2.29. The van der Waals surface area contributed by atoms with Crippen molar-refractivity contribution in [3.05, 3.63) is 88.5 Å². The second-order valence-corrected chi connectivity index (χ2v) is 8.99. The van der Waals surface area contributed by atoms with Gasteiger partial charge in [0.05, 0.1) is 26.4 Å². The van der Waals surface area contributed by atoms with Crippen molar-refractivity contribution < 1.29 is 31.8 Å². The number of hydrogen-bond acceptors (Lipinski definition) is 3. The normalized spacial score (nSPS) is 17.8. The Morgan fingerprint density at radius 2 is 1.36 bits per heavy atom. The largest absolute Gasteiger partial charge is 0.497 e. The number of halogens is 4. The monoisotopic (exact) mass is 502 g/mol. The summed E-state index contributed by atoms with van der Waals surface area (Å²) in [6.07, 6.45) is 2.34. The lowest BCUT2D eigenvalue weighted by atomic mass is 9.82. The van der Waals surface area contributed by atoms with E-state index in [0.29, 0.717) is 49.2 Å². The van der Waals surface area contributed by atoms with E-state index in [2.05, 4.69) is 0 Å². The van der Waals surface area contributed by atoms with Crippen LogP contribution in [-0.4, -0.2) is 19.8 Å². The summed E-state index contributed by atoms with van der Waals surface area (Å²) in [5.41, 5.74) is 1.44. The van der Waals surface area contributed by atoms with Crippen LogP contribution < -0.4 is 4.74 Å². The number of rotatable bonds is 9. The van der Waals surface area contributed by atoms with Crippen LogP contribution in [-0.2, 0) is 22.7 Å². The van der Waals surface area contributed by atoms with Crippen LogP contribution >= 0.6 is 0 Å². The first-order chi connectivity index (χ1) is 17.4. The van der Waals surface area contributed by atoms with E-state index in [9.17, 15) is 17.6 Å². The minimum absolute atomic E-state index is 0.0400. The molecule has 36 heavy (non-hydrogen) atoms. The highest BCUT2D eigenvalue weighted by Crippen LogP contribution is 2.37. The van der Waals surface area contributed by atoms with Gasteiger partial charge in [0, 0.05) is 23.3 Å². The molecule has 3 aromatic rings. The third-order valence-corrected chi connectivity index (χ3v) is 6.81. The maximum Gasteiger partial charge on any atom is 0.167 e. The number of methoxy groups -OCH3 is 1. The van der Waals surface area contributed by atoms with E-state index in [1.54, 1.807) is 49.4 Å². The van der Waals surface area contributed by atoms with E-state index < -0.39 is 23.3 Å². The molecule has 0 atom stereocenters. The zero-order valence-corrected chi connectivity index (χ0v) is 20.5. The summed E-state index contributed by atoms with van der Waals surface area (Å²) in [5.74, 6) is -3.00. The van der Waals surface area contributed by atoms with Crippen LogP contribution in [0.3, 0.4) is 0 Å². The summed E-state index contributed by atoms with van der Waals surface area (Å²) in [4.78, 5) is 0. The van der Waals surface area contributed by atoms with Crippen molar-refractivity contribution in [3.63, 3.8) is 0 Å². The van der Waals surface area contributed by atoms with Gasteiger partial charge >= 0.3 is 0 Å².